The van der Waals surface area contributed by atoms with E-state index >= 15 is 0 Å². The third kappa shape index (κ3) is 1.07. The first kappa shape index (κ1) is 11.5. The van der Waals surface area contributed by atoms with Gasteiger partial charge in [-0.15, -0.1) is 0 Å². The molecule has 0 aromatic rings. The van der Waals surface area contributed by atoms with Crippen LogP contribution in [0.3, 0.4) is 0 Å². The van der Waals surface area contributed by atoms with Crippen LogP contribution in [0.2, 0.25) is 0 Å². The average Bonchev–Trinajstić information content (AvgIpc) is 3.19. The van der Waals surface area contributed by atoms with Gasteiger partial charge in [0, 0.05) is 0 Å². The highest BCUT2D eigenvalue weighted by atomic mass is 16.3. The molecule has 1 heterocycles. The van der Waals surface area contributed by atoms with E-state index in [9.17, 15) is 9.59 Å². The maximum Gasteiger partial charge on any atom is 0.233 e. The first-order valence-corrected chi connectivity index (χ1v) is 7.86. The predicted octanol–water partition coefficient (Wildman–Crippen LogP) is 0.668. The number of carbonyl (C=O) groups is 2. The minimum absolute atomic E-state index is 0.00625. The molecular weight excluding hydrogens is 254 g/mol. The molecule has 8 unspecified atom stereocenters. The van der Waals surface area contributed by atoms with Crippen molar-refractivity contribution in [3.63, 3.8) is 0 Å². The monoisotopic (exact) mass is 273 g/mol. The van der Waals surface area contributed by atoms with Gasteiger partial charge in [-0.3, -0.25) is 14.5 Å². The summed E-state index contributed by atoms with van der Waals surface area (Å²) in [5.74, 6) is 3.38. The van der Waals surface area contributed by atoms with Crippen LogP contribution in [-0.4, -0.2) is 35.0 Å². The van der Waals surface area contributed by atoms with Crippen molar-refractivity contribution in [3.05, 3.63) is 12.2 Å². The van der Waals surface area contributed by atoms with Crippen molar-refractivity contribution in [2.45, 2.75) is 12.8 Å². The zero-order valence-corrected chi connectivity index (χ0v) is 11.3. The van der Waals surface area contributed by atoms with Crippen LogP contribution in [0.4, 0.5) is 0 Å². The Balaban J connectivity index is 1.54. The Morgan fingerprint density at radius 2 is 1.55 bits per heavy atom. The average molecular weight is 273 g/mol. The standard InChI is InChI=1S/C16H19NO3/c18-4-3-17-15(19)13-9-6-10(14(13)16(17)20)12-8-2-1-7(5-8)11(9)12/h1-2,7-14,18H,3-6H2. The van der Waals surface area contributed by atoms with Crippen molar-refractivity contribution < 1.29 is 14.7 Å². The molecule has 0 radical (unpaired) electrons. The van der Waals surface area contributed by atoms with Gasteiger partial charge in [0.05, 0.1) is 25.0 Å². The van der Waals surface area contributed by atoms with E-state index in [0.29, 0.717) is 35.5 Å². The van der Waals surface area contributed by atoms with Crippen LogP contribution in [0.1, 0.15) is 12.8 Å². The minimum atomic E-state index is -0.119. The Morgan fingerprint density at radius 3 is 2.05 bits per heavy atom. The Kier molecular flexibility index (Phi) is 2.03. The molecule has 4 bridgehead atoms. The molecule has 4 fully saturated rings. The number of likely N-dealkylation sites (tertiary alicyclic amines) is 1. The number of allylic oxidation sites excluding steroid dienone is 2. The molecule has 1 saturated heterocycles. The van der Waals surface area contributed by atoms with Gasteiger partial charge < -0.3 is 5.11 Å². The fraction of sp³-hybridized carbons (Fsp3) is 0.750. The molecule has 4 aliphatic carbocycles. The van der Waals surface area contributed by atoms with Gasteiger partial charge in [0.15, 0.2) is 0 Å². The fourth-order valence-corrected chi connectivity index (χ4v) is 6.50. The lowest BCUT2D eigenvalue weighted by atomic mass is 9.65. The third-order valence-corrected chi connectivity index (χ3v) is 6.85. The number of amides is 2. The normalized spacial score (nSPS) is 54.1. The van der Waals surface area contributed by atoms with E-state index in [1.165, 1.54) is 11.3 Å². The van der Waals surface area contributed by atoms with E-state index in [0.717, 1.165) is 6.42 Å². The van der Waals surface area contributed by atoms with Gasteiger partial charge in [0.25, 0.3) is 0 Å². The van der Waals surface area contributed by atoms with Gasteiger partial charge >= 0.3 is 0 Å². The Morgan fingerprint density at radius 1 is 1.00 bits per heavy atom. The summed E-state index contributed by atoms with van der Waals surface area (Å²) in [6, 6.07) is 0. The number of fused-ring (bicyclic) bond motifs is 12. The van der Waals surface area contributed by atoms with E-state index in [2.05, 4.69) is 12.2 Å². The van der Waals surface area contributed by atoms with E-state index in [-0.39, 0.29) is 36.8 Å². The van der Waals surface area contributed by atoms with Crippen molar-refractivity contribution in [3.8, 4) is 0 Å². The van der Waals surface area contributed by atoms with Crippen molar-refractivity contribution in [1.29, 1.82) is 0 Å². The molecule has 0 aromatic carbocycles. The van der Waals surface area contributed by atoms with Crippen LogP contribution in [0, 0.1) is 47.3 Å². The molecule has 0 aromatic heterocycles. The maximum atomic E-state index is 12.5. The van der Waals surface area contributed by atoms with Gasteiger partial charge in [-0.1, -0.05) is 12.2 Å². The van der Waals surface area contributed by atoms with Gasteiger partial charge in [0.1, 0.15) is 0 Å². The second-order valence-corrected chi connectivity index (χ2v) is 7.27. The summed E-state index contributed by atoms with van der Waals surface area (Å²) in [7, 11) is 0. The summed E-state index contributed by atoms with van der Waals surface area (Å²) < 4.78 is 0. The number of β-amino-alcohol motifs (C(OH)–C–C–N with tert-alkyl or cyclic N) is 1. The van der Waals surface area contributed by atoms with Crippen LogP contribution >= 0.6 is 0 Å². The summed E-state index contributed by atoms with van der Waals surface area (Å²) in [6.45, 7) is 0.0659. The lowest BCUT2D eigenvalue weighted by Crippen LogP contribution is -2.38. The SMILES string of the molecule is O=C1C2C3CC(C2C(=O)N1CCO)C1C2C=CC(C2)C31. The number of hydrogen-bond acceptors (Lipinski definition) is 3. The summed E-state index contributed by atoms with van der Waals surface area (Å²) in [6.07, 6.45) is 7.05. The van der Waals surface area contributed by atoms with Gasteiger partial charge in [-0.2, -0.15) is 0 Å². The topological polar surface area (TPSA) is 57.6 Å². The number of rotatable bonds is 2. The van der Waals surface area contributed by atoms with Crippen molar-refractivity contribution in [2.75, 3.05) is 13.2 Å². The lowest BCUT2D eigenvalue weighted by Gasteiger charge is -2.36. The van der Waals surface area contributed by atoms with E-state index in [1.807, 2.05) is 0 Å². The van der Waals surface area contributed by atoms with Crippen molar-refractivity contribution in [1.82, 2.24) is 4.90 Å². The van der Waals surface area contributed by atoms with Gasteiger partial charge in [-0.05, 0) is 48.3 Å². The smallest absolute Gasteiger partial charge is 0.233 e. The first-order chi connectivity index (χ1) is 9.72. The Bertz CT molecular complexity index is 500. The number of aliphatic hydroxyl groups excluding tert-OH is 1. The van der Waals surface area contributed by atoms with Crippen LogP contribution in [-0.2, 0) is 9.59 Å². The van der Waals surface area contributed by atoms with Crippen molar-refractivity contribution >= 4 is 11.8 Å². The molecule has 1 aliphatic heterocycles. The van der Waals surface area contributed by atoms with Crippen molar-refractivity contribution in [2.24, 2.45) is 47.3 Å². The summed E-state index contributed by atoms with van der Waals surface area (Å²) in [4.78, 5) is 26.4. The molecule has 1 N–H and O–H groups in total. The lowest BCUT2D eigenvalue weighted by molar-refractivity contribution is -0.141. The number of carbonyl (C=O) groups excluding carboxylic acids is 2. The number of nitrogens with zero attached hydrogens (tertiary/aromatic N) is 1. The predicted molar refractivity (Wildman–Crippen MR) is 70.1 cm³/mol. The zero-order valence-electron chi connectivity index (χ0n) is 11.3. The molecule has 106 valence electrons. The van der Waals surface area contributed by atoms with Gasteiger partial charge in [-0.25, -0.2) is 0 Å². The molecule has 8 atom stereocenters. The third-order valence-electron chi connectivity index (χ3n) is 6.85. The molecule has 20 heavy (non-hydrogen) atoms. The maximum absolute atomic E-state index is 12.5. The minimum Gasteiger partial charge on any atom is -0.395 e. The largest absolute Gasteiger partial charge is 0.395 e. The van der Waals surface area contributed by atoms with E-state index in [1.54, 1.807) is 0 Å². The summed E-state index contributed by atoms with van der Waals surface area (Å²) in [5, 5.41) is 9.07. The second-order valence-electron chi connectivity index (χ2n) is 7.27. The molecule has 3 saturated carbocycles. The first-order valence-electron chi connectivity index (χ1n) is 7.86. The molecule has 0 spiro atoms. The van der Waals surface area contributed by atoms with Crippen LogP contribution in [0.15, 0.2) is 12.2 Å². The highest BCUT2D eigenvalue weighted by Crippen LogP contribution is 2.70. The molecule has 2 amide bonds. The molecule has 4 nitrogen and oxygen atoms in total. The Hall–Kier alpha value is -1.16. The van der Waals surface area contributed by atoms with Crippen LogP contribution in [0.5, 0.6) is 0 Å². The number of hydrogen-bond donors (Lipinski definition) is 1. The molecule has 5 aliphatic rings. The zero-order chi connectivity index (χ0) is 13.6. The fourth-order valence-electron chi connectivity index (χ4n) is 6.50. The molecule has 4 heteroatoms. The second kappa shape index (κ2) is 3.53. The summed E-state index contributed by atoms with van der Waals surface area (Å²) >= 11 is 0. The van der Waals surface area contributed by atoms with Gasteiger partial charge in [0.2, 0.25) is 11.8 Å². The van der Waals surface area contributed by atoms with E-state index < -0.39 is 0 Å². The van der Waals surface area contributed by atoms with E-state index in [4.69, 9.17) is 5.11 Å². The number of imide groups is 1. The quantitative estimate of drug-likeness (QED) is 0.457. The van der Waals surface area contributed by atoms with Crippen LogP contribution in [0.25, 0.3) is 0 Å². The van der Waals surface area contributed by atoms with Crippen LogP contribution < -0.4 is 0 Å². The number of aliphatic hydroxyl groups is 1. The highest BCUT2D eigenvalue weighted by molar-refractivity contribution is 6.06. The summed E-state index contributed by atoms with van der Waals surface area (Å²) in [5.41, 5.74) is 0. The molecule has 5 rings (SSSR count). The Labute approximate surface area is 117 Å². The molecular formula is C16H19NO3. The highest BCUT2D eigenvalue weighted by Gasteiger charge is 2.70.